The number of rotatable bonds is 5. The first kappa shape index (κ1) is 23.3. The van der Waals surface area contributed by atoms with Crippen molar-refractivity contribution in [3.05, 3.63) is 35.1 Å². The fraction of sp³-hybridized carbons (Fsp3) is 0.522. The van der Waals surface area contributed by atoms with Crippen LogP contribution in [0.4, 0.5) is 4.39 Å². The van der Waals surface area contributed by atoms with Crippen LogP contribution in [0.1, 0.15) is 41.8 Å². The molecule has 0 radical (unpaired) electrons. The van der Waals surface area contributed by atoms with E-state index in [9.17, 15) is 18.8 Å². The Hall–Kier alpha value is -2.43. The Morgan fingerprint density at radius 3 is 2.82 bits per heavy atom. The third-order valence-corrected chi connectivity index (χ3v) is 8.31. The molecule has 0 bridgehead atoms. The molecule has 0 spiro atoms. The number of Topliss-reactive ketones (excluding diaryl/α,β-unsaturated/α-hetero) is 1. The number of halogens is 2. The number of nitrogens with one attached hydrogen (secondary N) is 1. The van der Waals surface area contributed by atoms with Gasteiger partial charge in [-0.05, 0) is 37.0 Å². The topological polar surface area (TPSA) is 101 Å². The molecule has 11 heteroatoms. The molecule has 0 aromatic carbocycles. The minimum Gasteiger partial charge on any atom is -0.366 e. The maximum atomic E-state index is 14.7. The maximum absolute atomic E-state index is 14.7. The molecule has 2 aromatic heterocycles. The van der Waals surface area contributed by atoms with Gasteiger partial charge in [0.15, 0.2) is 5.78 Å². The zero-order chi connectivity index (χ0) is 23.8. The number of nitrogens with zero attached hydrogens (tertiary/aromatic N) is 3. The summed E-state index contributed by atoms with van der Waals surface area (Å²) in [5, 5.41) is 10.1. The van der Waals surface area contributed by atoms with Gasteiger partial charge in [0.05, 0.1) is 10.3 Å². The lowest BCUT2D eigenvalue weighted by Crippen LogP contribution is -2.55. The molecule has 1 N–H and O–H groups in total. The fourth-order valence-corrected chi connectivity index (χ4v) is 6.40. The van der Waals surface area contributed by atoms with Gasteiger partial charge in [0, 0.05) is 12.7 Å². The number of amides is 2. The summed E-state index contributed by atoms with van der Waals surface area (Å²) in [6.45, 7) is 0.0963. The average Bonchev–Trinajstić information content (AvgIpc) is 3.53. The molecule has 2 saturated heterocycles. The average molecular weight is 507 g/mol. The monoisotopic (exact) mass is 506 g/mol. The first-order chi connectivity index (χ1) is 16.4. The molecule has 4 atom stereocenters. The Labute approximate surface area is 204 Å². The van der Waals surface area contributed by atoms with Crippen molar-refractivity contribution in [2.45, 2.75) is 55.7 Å². The molecule has 0 unspecified atom stereocenters. The lowest BCUT2D eigenvalue weighted by atomic mass is 9.83. The number of carbonyl (C=O) groups excluding carboxylic acids is 3. The van der Waals surface area contributed by atoms with Crippen molar-refractivity contribution in [2.75, 3.05) is 13.2 Å². The third-order valence-electron chi connectivity index (χ3n) is 6.80. The number of hydrogen-bond donors (Lipinski definition) is 1. The first-order valence-corrected chi connectivity index (χ1v) is 12.7. The summed E-state index contributed by atoms with van der Waals surface area (Å²) >= 11 is 7.33. The van der Waals surface area contributed by atoms with Crippen LogP contribution in [0.5, 0.6) is 0 Å². The van der Waals surface area contributed by atoms with E-state index < -0.39 is 35.3 Å². The Balaban J connectivity index is 1.40. The van der Waals surface area contributed by atoms with E-state index in [1.54, 1.807) is 12.1 Å². The van der Waals surface area contributed by atoms with E-state index in [4.69, 9.17) is 16.3 Å². The van der Waals surface area contributed by atoms with E-state index in [-0.39, 0.29) is 35.6 Å². The predicted octanol–water partition coefficient (Wildman–Crippen LogP) is 2.81. The Bertz CT molecular complexity index is 1090. The van der Waals surface area contributed by atoms with E-state index >= 15 is 0 Å². The van der Waals surface area contributed by atoms with E-state index in [1.165, 1.54) is 17.2 Å². The van der Waals surface area contributed by atoms with Gasteiger partial charge in [0.1, 0.15) is 41.2 Å². The molecule has 2 aromatic rings. The van der Waals surface area contributed by atoms with Crippen molar-refractivity contribution in [3.8, 4) is 10.6 Å². The van der Waals surface area contributed by atoms with Crippen LogP contribution < -0.4 is 5.32 Å². The fourth-order valence-electron chi connectivity index (χ4n) is 5.14. The summed E-state index contributed by atoms with van der Waals surface area (Å²) in [6.07, 6.45) is 5.47. The Kier molecular flexibility index (Phi) is 6.63. The largest absolute Gasteiger partial charge is 0.366 e. The number of alkyl halides is 1. The predicted molar refractivity (Wildman–Crippen MR) is 123 cm³/mol. The Morgan fingerprint density at radius 2 is 2.09 bits per heavy atom. The molecule has 180 valence electrons. The Morgan fingerprint density at radius 1 is 1.29 bits per heavy atom. The highest BCUT2D eigenvalue weighted by Crippen LogP contribution is 2.35. The van der Waals surface area contributed by atoms with Gasteiger partial charge in [-0.1, -0.05) is 19.3 Å². The van der Waals surface area contributed by atoms with Gasteiger partial charge in [-0.25, -0.2) is 4.39 Å². The molecule has 3 fully saturated rings. The highest BCUT2D eigenvalue weighted by molar-refractivity contribution is 7.17. The highest BCUT2D eigenvalue weighted by atomic mass is 35.5. The number of carbonyl (C=O) groups is 3. The summed E-state index contributed by atoms with van der Waals surface area (Å²) in [7, 11) is 0. The van der Waals surface area contributed by atoms with Crippen molar-refractivity contribution in [2.24, 2.45) is 5.92 Å². The third kappa shape index (κ3) is 4.34. The second-order valence-corrected chi connectivity index (χ2v) is 10.6. The van der Waals surface area contributed by atoms with Crippen LogP contribution in [0.15, 0.2) is 24.4 Å². The number of ketones is 1. The van der Waals surface area contributed by atoms with E-state index in [0.29, 0.717) is 10.6 Å². The van der Waals surface area contributed by atoms with Crippen LogP contribution in [0.2, 0.25) is 0 Å². The SMILES string of the molecule is O=C(N[C@H](C(=O)N1C[C@H](Cl)[C@H]2OCC(=O)[C@H]21)C1CCCCC1)c1sc(-c2cccnn2)cc1F. The first-order valence-electron chi connectivity index (χ1n) is 11.4. The van der Waals surface area contributed by atoms with Gasteiger partial charge in [0.2, 0.25) is 5.91 Å². The molecule has 2 amide bonds. The van der Waals surface area contributed by atoms with Crippen molar-refractivity contribution < 1.29 is 23.5 Å². The summed E-state index contributed by atoms with van der Waals surface area (Å²) in [4.78, 5) is 41.1. The van der Waals surface area contributed by atoms with Gasteiger partial charge < -0.3 is 15.0 Å². The van der Waals surface area contributed by atoms with Gasteiger partial charge in [-0.2, -0.15) is 5.10 Å². The second-order valence-electron chi connectivity index (χ2n) is 8.94. The maximum Gasteiger partial charge on any atom is 0.265 e. The number of likely N-dealkylation sites (tertiary alicyclic amines) is 1. The summed E-state index contributed by atoms with van der Waals surface area (Å²) in [5.41, 5.74) is 0.460. The van der Waals surface area contributed by atoms with Crippen LogP contribution in [-0.4, -0.2) is 69.4 Å². The van der Waals surface area contributed by atoms with Crippen LogP contribution >= 0.6 is 22.9 Å². The van der Waals surface area contributed by atoms with Gasteiger partial charge >= 0.3 is 0 Å². The van der Waals surface area contributed by atoms with Crippen molar-refractivity contribution >= 4 is 40.5 Å². The molecule has 8 nitrogen and oxygen atoms in total. The molecule has 1 saturated carbocycles. The van der Waals surface area contributed by atoms with Gasteiger partial charge in [-0.3, -0.25) is 14.4 Å². The smallest absolute Gasteiger partial charge is 0.265 e. The number of hydrogen-bond acceptors (Lipinski definition) is 7. The minimum absolute atomic E-state index is 0.0750. The number of thiophene rings is 1. The summed E-state index contributed by atoms with van der Waals surface area (Å²) in [6, 6.07) is 3.00. The summed E-state index contributed by atoms with van der Waals surface area (Å²) in [5.74, 6) is -1.98. The minimum atomic E-state index is -0.870. The van der Waals surface area contributed by atoms with E-state index in [0.717, 1.165) is 43.4 Å². The normalized spacial score (nSPS) is 25.9. The molecule has 34 heavy (non-hydrogen) atoms. The molecule has 2 aliphatic heterocycles. The van der Waals surface area contributed by atoms with Gasteiger partial charge in [-0.15, -0.1) is 28.0 Å². The standard InChI is InChI=1S/C23H24ClFN4O4S/c24-13-10-29(19-16(30)11-33-20(13)19)23(32)18(12-5-2-1-3-6-12)27-22(31)21-14(25)9-17(34-21)15-7-4-8-26-28-15/h4,7-9,12-13,18-20H,1-3,5-6,10-11H2,(H,27,31)/t13-,18-,19+,20+/m0/s1. The second kappa shape index (κ2) is 9.67. The molecule has 3 aliphatic rings. The van der Waals surface area contributed by atoms with Crippen molar-refractivity contribution in [1.29, 1.82) is 0 Å². The van der Waals surface area contributed by atoms with Crippen LogP contribution in [0.25, 0.3) is 10.6 Å². The van der Waals surface area contributed by atoms with Crippen LogP contribution in [-0.2, 0) is 14.3 Å². The van der Waals surface area contributed by atoms with Crippen LogP contribution in [0.3, 0.4) is 0 Å². The zero-order valence-corrected chi connectivity index (χ0v) is 19.9. The summed E-state index contributed by atoms with van der Waals surface area (Å²) < 4.78 is 20.2. The van der Waals surface area contributed by atoms with Gasteiger partial charge in [0.25, 0.3) is 5.91 Å². The van der Waals surface area contributed by atoms with Crippen LogP contribution in [0, 0.1) is 11.7 Å². The highest BCUT2D eigenvalue weighted by Gasteiger charge is 2.53. The van der Waals surface area contributed by atoms with E-state index in [1.807, 2.05) is 0 Å². The number of ether oxygens (including phenoxy) is 1. The molecular weight excluding hydrogens is 483 g/mol. The zero-order valence-electron chi connectivity index (χ0n) is 18.3. The number of fused-ring (bicyclic) bond motifs is 1. The van der Waals surface area contributed by atoms with Crippen molar-refractivity contribution in [3.63, 3.8) is 0 Å². The van der Waals surface area contributed by atoms with Crippen molar-refractivity contribution in [1.82, 2.24) is 20.4 Å². The quantitative estimate of drug-likeness (QED) is 0.626. The lowest BCUT2D eigenvalue weighted by molar-refractivity contribution is -0.139. The molecule has 5 rings (SSSR count). The number of aromatic nitrogens is 2. The lowest BCUT2D eigenvalue weighted by Gasteiger charge is -2.34. The molecular formula is C23H24ClFN4O4S. The molecule has 1 aliphatic carbocycles. The van der Waals surface area contributed by atoms with E-state index in [2.05, 4.69) is 15.5 Å². The molecule has 4 heterocycles.